The molecule has 0 N–H and O–H groups in total. The Labute approximate surface area is 136 Å². The Morgan fingerprint density at radius 1 is 1.45 bits per heavy atom. The van der Waals surface area contributed by atoms with Crippen LogP contribution >= 0.6 is 11.3 Å². The third kappa shape index (κ3) is 2.84. The second-order valence-corrected chi connectivity index (χ2v) is 7.48. The van der Waals surface area contributed by atoms with Crippen LogP contribution in [-0.2, 0) is 6.54 Å². The van der Waals surface area contributed by atoms with Gasteiger partial charge in [-0.25, -0.2) is 0 Å². The molecule has 0 bridgehead atoms. The summed E-state index contributed by atoms with van der Waals surface area (Å²) in [6.07, 6.45) is 2.52. The minimum Gasteiger partial charge on any atom is -0.343 e. The number of aryl methyl sites for hydroxylation is 1. The van der Waals surface area contributed by atoms with Gasteiger partial charge in [-0.15, -0.1) is 11.3 Å². The molecule has 3 rings (SSSR count). The van der Waals surface area contributed by atoms with Crippen molar-refractivity contribution in [1.82, 2.24) is 9.47 Å². The second-order valence-electron chi connectivity index (χ2n) is 6.44. The Morgan fingerprint density at radius 3 is 2.77 bits per heavy atom. The maximum absolute atomic E-state index is 12.8. The van der Waals surface area contributed by atoms with E-state index < -0.39 is 0 Å². The fourth-order valence-corrected chi connectivity index (χ4v) is 3.78. The summed E-state index contributed by atoms with van der Waals surface area (Å²) in [6.45, 7) is 7.16. The second kappa shape index (κ2) is 5.92. The van der Waals surface area contributed by atoms with Gasteiger partial charge in [0.2, 0.25) is 0 Å². The molecule has 0 aromatic carbocycles. The average Bonchev–Trinajstić information content (AvgIpc) is 3.16. The van der Waals surface area contributed by atoms with Crippen LogP contribution in [0.25, 0.3) is 0 Å². The van der Waals surface area contributed by atoms with Gasteiger partial charge in [-0.3, -0.25) is 4.79 Å². The third-order valence-electron chi connectivity index (χ3n) is 4.93. The molecule has 22 heavy (non-hydrogen) atoms. The topological polar surface area (TPSA) is 25.2 Å². The van der Waals surface area contributed by atoms with Crippen LogP contribution in [0.2, 0.25) is 0 Å². The quantitative estimate of drug-likeness (QED) is 0.816. The minimum absolute atomic E-state index is 0.157. The highest BCUT2D eigenvalue weighted by molar-refractivity contribution is 7.09. The van der Waals surface area contributed by atoms with Gasteiger partial charge in [0.1, 0.15) is 0 Å². The number of amides is 1. The lowest BCUT2D eigenvalue weighted by atomic mass is 10.1. The van der Waals surface area contributed by atoms with Gasteiger partial charge >= 0.3 is 0 Å². The van der Waals surface area contributed by atoms with Crippen molar-refractivity contribution in [2.45, 2.75) is 46.2 Å². The third-order valence-corrected chi connectivity index (χ3v) is 5.79. The van der Waals surface area contributed by atoms with Crippen molar-refractivity contribution in [2.24, 2.45) is 5.92 Å². The molecule has 0 spiro atoms. The predicted molar refractivity (Wildman–Crippen MR) is 91.6 cm³/mol. The van der Waals surface area contributed by atoms with Crippen LogP contribution in [0.1, 0.15) is 46.4 Å². The fourth-order valence-electron chi connectivity index (χ4n) is 3.09. The van der Waals surface area contributed by atoms with E-state index in [0.717, 1.165) is 23.5 Å². The van der Waals surface area contributed by atoms with Crippen LogP contribution in [0, 0.1) is 19.8 Å². The highest BCUT2D eigenvalue weighted by Gasteiger charge is 2.33. The van der Waals surface area contributed by atoms with Crippen LogP contribution in [-0.4, -0.2) is 28.5 Å². The molecule has 2 aromatic rings. The van der Waals surface area contributed by atoms with E-state index in [9.17, 15) is 4.79 Å². The summed E-state index contributed by atoms with van der Waals surface area (Å²) in [4.78, 5) is 16.1. The lowest BCUT2D eigenvalue weighted by Gasteiger charge is -2.25. The molecule has 1 unspecified atom stereocenters. The number of carbonyl (C=O) groups is 1. The van der Waals surface area contributed by atoms with Gasteiger partial charge in [0.05, 0.1) is 12.1 Å². The first kappa shape index (κ1) is 15.3. The summed E-state index contributed by atoms with van der Waals surface area (Å²) in [5.41, 5.74) is 3.08. The molecule has 0 radical (unpaired) electrons. The molecule has 1 aliphatic carbocycles. The highest BCUT2D eigenvalue weighted by atomic mass is 32.1. The van der Waals surface area contributed by atoms with E-state index in [1.807, 2.05) is 18.0 Å². The maximum atomic E-state index is 12.8. The van der Waals surface area contributed by atoms with Gasteiger partial charge in [0, 0.05) is 29.4 Å². The van der Waals surface area contributed by atoms with Crippen LogP contribution in [0.3, 0.4) is 0 Å². The zero-order valence-electron chi connectivity index (χ0n) is 13.8. The zero-order valence-corrected chi connectivity index (χ0v) is 14.6. The van der Waals surface area contributed by atoms with Crippen LogP contribution in [0.15, 0.2) is 23.6 Å². The fraction of sp³-hybridized carbons (Fsp3) is 0.500. The molecule has 2 heterocycles. The predicted octanol–water partition coefficient (Wildman–Crippen LogP) is 4.09. The van der Waals surface area contributed by atoms with E-state index in [1.165, 1.54) is 17.7 Å². The van der Waals surface area contributed by atoms with Crippen molar-refractivity contribution < 1.29 is 4.79 Å². The summed E-state index contributed by atoms with van der Waals surface area (Å²) < 4.78 is 2.24. The van der Waals surface area contributed by atoms with Crippen molar-refractivity contribution in [2.75, 3.05) is 7.05 Å². The van der Waals surface area contributed by atoms with Crippen LogP contribution in [0.4, 0.5) is 0 Å². The number of hydrogen-bond donors (Lipinski definition) is 0. The van der Waals surface area contributed by atoms with Crippen molar-refractivity contribution in [3.8, 4) is 0 Å². The molecule has 1 fully saturated rings. The maximum Gasteiger partial charge on any atom is 0.255 e. The molecule has 1 atom stereocenters. The Bertz CT molecular complexity index is 668. The summed E-state index contributed by atoms with van der Waals surface area (Å²) in [7, 11) is 1.94. The normalized spacial score (nSPS) is 15.8. The molecule has 2 aromatic heterocycles. The number of hydrogen-bond acceptors (Lipinski definition) is 2. The first-order chi connectivity index (χ1) is 10.5. The first-order valence-electron chi connectivity index (χ1n) is 7.95. The Morgan fingerprint density at radius 2 is 2.18 bits per heavy atom. The Hall–Kier alpha value is -1.55. The van der Waals surface area contributed by atoms with E-state index in [1.54, 1.807) is 11.3 Å². The molecular formula is C18H24N2OS. The number of nitrogens with zero attached hydrogens (tertiary/aromatic N) is 2. The van der Waals surface area contributed by atoms with Crippen LogP contribution < -0.4 is 0 Å². The van der Waals surface area contributed by atoms with E-state index in [2.05, 4.69) is 42.9 Å². The SMILES string of the molecule is Cc1cc(C(=O)N(C)C(C)C2CC2)c(C)n1Cc1cccs1. The van der Waals surface area contributed by atoms with E-state index in [0.29, 0.717) is 12.0 Å². The Balaban J connectivity index is 1.83. The standard InChI is InChI=1S/C18H24N2OS/c1-12-10-17(18(21)19(4)13(2)15-7-8-15)14(3)20(12)11-16-6-5-9-22-16/h5-6,9-10,13,15H,7-8,11H2,1-4H3. The minimum atomic E-state index is 0.157. The summed E-state index contributed by atoms with van der Waals surface area (Å²) in [5.74, 6) is 0.855. The molecule has 0 saturated heterocycles. The average molecular weight is 316 g/mol. The van der Waals surface area contributed by atoms with Gasteiger partial charge in [-0.1, -0.05) is 6.07 Å². The molecule has 1 aliphatic rings. The van der Waals surface area contributed by atoms with Crippen molar-refractivity contribution >= 4 is 17.2 Å². The van der Waals surface area contributed by atoms with Crippen molar-refractivity contribution in [3.05, 3.63) is 45.4 Å². The number of aromatic nitrogens is 1. The molecule has 1 amide bonds. The molecular weight excluding hydrogens is 292 g/mol. The summed E-state index contributed by atoms with van der Waals surface area (Å²) in [6, 6.07) is 6.60. The Kier molecular flexibility index (Phi) is 4.13. The number of rotatable bonds is 5. The molecule has 4 heteroatoms. The lowest BCUT2D eigenvalue weighted by molar-refractivity contribution is 0.0726. The van der Waals surface area contributed by atoms with E-state index in [4.69, 9.17) is 0 Å². The molecule has 0 aliphatic heterocycles. The smallest absolute Gasteiger partial charge is 0.255 e. The number of thiophene rings is 1. The van der Waals surface area contributed by atoms with E-state index in [-0.39, 0.29) is 5.91 Å². The molecule has 3 nitrogen and oxygen atoms in total. The summed E-state index contributed by atoms with van der Waals surface area (Å²) >= 11 is 1.76. The molecule has 118 valence electrons. The van der Waals surface area contributed by atoms with Gasteiger partial charge in [-0.2, -0.15) is 0 Å². The molecule has 1 saturated carbocycles. The first-order valence-corrected chi connectivity index (χ1v) is 8.83. The van der Waals surface area contributed by atoms with Gasteiger partial charge in [0.25, 0.3) is 5.91 Å². The number of carbonyl (C=O) groups excluding carboxylic acids is 1. The summed E-state index contributed by atoms with van der Waals surface area (Å²) in [5, 5.41) is 2.10. The highest BCUT2D eigenvalue weighted by Crippen LogP contribution is 2.35. The van der Waals surface area contributed by atoms with Crippen molar-refractivity contribution in [1.29, 1.82) is 0 Å². The van der Waals surface area contributed by atoms with E-state index >= 15 is 0 Å². The van der Waals surface area contributed by atoms with Crippen LogP contribution in [0.5, 0.6) is 0 Å². The monoisotopic (exact) mass is 316 g/mol. The van der Waals surface area contributed by atoms with Gasteiger partial charge in [0.15, 0.2) is 0 Å². The van der Waals surface area contributed by atoms with Gasteiger partial charge < -0.3 is 9.47 Å². The zero-order chi connectivity index (χ0) is 15.9. The van der Waals surface area contributed by atoms with Crippen molar-refractivity contribution in [3.63, 3.8) is 0 Å². The lowest BCUT2D eigenvalue weighted by Crippen LogP contribution is -2.36. The largest absolute Gasteiger partial charge is 0.343 e. The van der Waals surface area contributed by atoms with Gasteiger partial charge in [-0.05, 0) is 57.0 Å².